The van der Waals surface area contributed by atoms with E-state index in [0.29, 0.717) is 24.1 Å². The maximum Gasteiger partial charge on any atom is 0.534 e. The molecule has 1 N–H and O–H groups in total. The fraction of sp³-hybridized carbons (Fsp3) is 0.611. The van der Waals surface area contributed by atoms with Gasteiger partial charge in [-0.25, -0.2) is 0 Å². The van der Waals surface area contributed by atoms with Crippen LogP contribution in [0.1, 0.15) is 48.0 Å². The van der Waals surface area contributed by atoms with E-state index in [2.05, 4.69) is 14.4 Å². The Labute approximate surface area is 162 Å². The minimum absolute atomic E-state index is 0.294. The van der Waals surface area contributed by atoms with Crippen LogP contribution in [0.4, 0.5) is 13.2 Å². The minimum atomic E-state index is -5.69. The van der Waals surface area contributed by atoms with Gasteiger partial charge in [0.1, 0.15) is 5.75 Å². The molecule has 4 rings (SSSR count). The van der Waals surface area contributed by atoms with Crippen molar-refractivity contribution in [2.45, 2.75) is 50.1 Å². The Morgan fingerprint density at radius 1 is 1.11 bits per heavy atom. The highest BCUT2D eigenvalue weighted by atomic mass is 32.2. The summed E-state index contributed by atoms with van der Waals surface area (Å²) >= 11 is 0. The van der Waals surface area contributed by atoms with E-state index in [4.69, 9.17) is 0 Å². The summed E-state index contributed by atoms with van der Waals surface area (Å²) in [5.41, 5.74) is -4.75. The molecule has 28 heavy (non-hydrogen) atoms. The molecule has 2 heterocycles. The molecule has 156 valence electrons. The average molecular weight is 420 g/mol. The molecule has 0 atom stereocenters. The number of amides is 1. The molecular formula is C18H23F3N2O4S. The number of halogens is 3. The first kappa shape index (κ1) is 20.9. The van der Waals surface area contributed by atoms with Gasteiger partial charge >= 0.3 is 15.6 Å². The third-order valence-electron chi connectivity index (χ3n) is 5.22. The number of fused-ring (bicyclic) bond motifs is 1. The second-order valence-electron chi connectivity index (χ2n) is 7.14. The molecule has 0 aromatic heterocycles. The van der Waals surface area contributed by atoms with Gasteiger partial charge in [-0.2, -0.15) is 21.6 Å². The van der Waals surface area contributed by atoms with Crippen LogP contribution in [0.3, 0.4) is 0 Å². The number of nitrogens with zero attached hydrogens (tertiary/aromatic N) is 1. The van der Waals surface area contributed by atoms with Gasteiger partial charge in [-0.3, -0.25) is 4.79 Å². The molecule has 3 aliphatic rings. The Balaban J connectivity index is 0.000000206. The second-order valence-corrected chi connectivity index (χ2v) is 8.67. The summed E-state index contributed by atoms with van der Waals surface area (Å²) in [6.45, 7) is 3.12. The number of likely N-dealkylation sites (tertiary alicyclic amines) is 1. The summed E-state index contributed by atoms with van der Waals surface area (Å²) in [4.78, 5) is 14.1. The van der Waals surface area contributed by atoms with E-state index >= 15 is 0 Å². The quantitative estimate of drug-likeness (QED) is 0.601. The first-order chi connectivity index (χ1) is 13.2. The van der Waals surface area contributed by atoms with Crippen LogP contribution >= 0.6 is 0 Å². The number of hydrogen-bond acceptors (Lipinski definition) is 5. The smallest absolute Gasteiger partial charge is 0.376 e. The summed E-state index contributed by atoms with van der Waals surface area (Å²) < 4.78 is 62.1. The second kappa shape index (κ2) is 8.28. The molecular weight excluding hydrogens is 397 g/mol. The molecule has 6 nitrogen and oxygen atoms in total. The number of nitrogens with one attached hydrogen (secondary N) is 1. The van der Waals surface area contributed by atoms with Crippen molar-refractivity contribution in [1.29, 1.82) is 0 Å². The highest BCUT2D eigenvalue weighted by Gasteiger charge is 2.48. The molecule has 1 saturated carbocycles. The van der Waals surface area contributed by atoms with Gasteiger partial charge in [0.05, 0.1) is 0 Å². The van der Waals surface area contributed by atoms with Crippen molar-refractivity contribution in [2.24, 2.45) is 0 Å². The third kappa shape index (κ3) is 4.78. The minimum Gasteiger partial charge on any atom is -0.376 e. The van der Waals surface area contributed by atoms with E-state index in [1.807, 2.05) is 0 Å². The lowest BCUT2D eigenvalue weighted by molar-refractivity contribution is -0.0500. The summed E-state index contributed by atoms with van der Waals surface area (Å²) in [5, 5.41) is 2.55. The summed E-state index contributed by atoms with van der Waals surface area (Å²) in [6.07, 6.45) is 7.76. The van der Waals surface area contributed by atoms with Gasteiger partial charge in [0.25, 0.3) is 5.91 Å². The highest BCUT2D eigenvalue weighted by Crippen LogP contribution is 2.29. The van der Waals surface area contributed by atoms with Crippen molar-refractivity contribution < 1.29 is 30.6 Å². The number of benzene rings is 1. The lowest BCUT2D eigenvalue weighted by Gasteiger charge is -2.34. The van der Waals surface area contributed by atoms with Crippen molar-refractivity contribution in [1.82, 2.24) is 10.2 Å². The lowest BCUT2D eigenvalue weighted by atomic mass is 9.92. The Hall–Kier alpha value is -1.81. The van der Waals surface area contributed by atoms with E-state index in [-0.39, 0.29) is 5.91 Å². The molecule has 0 spiro atoms. The number of carbonyl (C=O) groups excluding carboxylic acids is 1. The largest absolute Gasteiger partial charge is 0.534 e. The molecule has 1 aromatic rings. The van der Waals surface area contributed by atoms with Crippen LogP contribution in [0.5, 0.6) is 5.75 Å². The molecule has 0 unspecified atom stereocenters. The van der Waals surface area contributed by atoms with Crippen LogP contribution in [0.25, 0.3) is 0 Å². The van der Waals surface area contributed by atoms with E-state index < -0.39 is 21.4 Å². The number of rotatable bonds is 3. The molecule has 10 heteroatoms. The van der Waals surface area contributed by atoms with Gasteiger partial charge in [-0.1, -0.05) is 6.42 Å². The van der Waals surface area contributed by atoms with Crippen LogP contribution < -0.4 is 9.50 Å². The van der Waals surface area contributed by atoms with Crippen molar-refractivity contribution >= 4 is 16.0 Å². The predicted molar refractivity (Wildman–Crippen MR) is 96.5 cm³/mol. The Kier molecular flexibility index (Phi) is 6.18. The van der Waals surface area contributed by atoms with Gasteiger partial charge in [0, 0.05) is 18.2 Å². The topological polar surface area (TPSA) is 75.7 Å². The average Bonchev–Trinajstić information content (AvgIpc) is 3.06. The van der Waals surface area contributed by atoms with Crippen LogP contribution in [0, 0.1) is 0 Å². The molecule has 2 fully saturated rings. The molecule has 1 amide bonds. The number of hydrogen-bond donors (Lipinski definition) is 1. The SMILES string of the molecule is C1CC(N2CCCC2)C1.O=C1NCCc2cc(OS(=O)(=O)C(F)(F)F)ccc21. The first-order valence-electron chi connectivity index (χ1n) is 9.33. The maximum absolute atomic E-state index is 12.1. The van der Waals surface area contributed by atoms with Crippen LogP contribution in [0.2, 0.25) is 0 Å². The zero-order valence-corrected chi connectivity index (χ0v) is 16.1. The van der Waals surface area contributed by atoms with Crippen molar-refractivity contribution in [3.05, 3.63) is 29.3 Å². The van der Waals surface area contributed by atoms with Crippen LogP contribution in [0.15, 0.2) is 18.2 Å². The van der Waals surface area contributed by atoms with Gasteiger partial charge in [-0.05, 0) is 69.0 Å². The van der Waals surface area contributed by atoms with E-state index in [1.54, 1.807) is 0 Å². The first-order valence-corrected chi connectivity index (χ1v) is 10.7. The maximum atomic E-state index is 12.1. The predicted octanol–water partition coefficient (Wildman–Crippen LogP) is 2.84. The van der Waals surface area contributed by atoms with E-state index in [1.165, 1.54) is 51.3 Å². The molecule has 2 aliphatic heterocycles. The van der Waals surface area contributed by atoms with Gasteiger partial charge < -0.3 is 14.4 Å². The number of alkyl halides is 3. The van der Waals surface area contributed by atoms with Crippen LogP contribution in [-0.2, 0) is 16.5 Å². The third-order valence-corrected chi connectivity index (χ3v) is 6.20. The fourth-order valence-electron chi connectivity index (χ4n) is 3.49. The Morgan fingerprint density at radius 2 is 1.79 bits per heavy atom. The molecule has 1 aliphatic carbocycles. The normalized spacial score (nSPS) is 20.5. The number of carbonyl (C=O) groups is 1. The zero-order chi connectivity index (χ0) is 20.4. The van der Waals surface area contributed by atoms with E-state index in [9.17, 15) is 26.4 Å². The summed E-state index contributed by atoms with van der Waals surface area (Å²) in [6, 6.07) is 4.36. The van der Waals surface area contributed by atoms with Gasteiger partial charge in [0.15, 0.2) is 0 Å². The van der Waals surface area contributed by atoms with Gasteiger partial charge in [-0.15, -0.1) is 0 Å². The molecule has 1 saturated heterocycles. The summed E-state index contributed by atoms with van der Waals surface area (Å²) in [7, 11) is -5.69. The zero-order valence-electron chi connectivity index (χ0n) is 15.3. The van der Waals surface area contributed by atoms with E-state index in [0.717, 1.165) is 18.2 Å². The fourth-order valence-corrected chi connectivity index (χ4v) is 3.94. The van der Waals surface area contributed by atoms with Crippen molar-refractivity contribution in [2.75, 3.05) is 19.6 Å². The Morgan fingerprint density at radius 3 is 2.36 bits per heavy atom. The van der Waals surface area contributed by atoms with Crippen molar-refractivity contribution in [3.8, 4) is 5.75 Å². The molecule has 1 aromatic carbocycles. The lowest BCUT2D eigenvalue weighted by Crippen LogP contribution is -2.37. The standard InChI is InChI=1S/C10H8F3NO4S.C8H15N/c11-10(12,13)19(16,17)18-7-1-2-8-6(5-7)3-4-14-9(8)15;1-2-7-9(6-1)8-4-3-5-8/h1-2,5H,3-4H2,(H,14,15);8H,1-7H2. The van der Waals surface area contributed by atoms with Gasteiger partial charge in [0.2, 0.25) is 0 Å². The monoisotopic (exact) mass is 420 g/mol. The summed E-state index contributed by atoms with van der Waals surface area (Å²) in [5.74, 6) is -0.822. The highest BCUT2D eigenvalue weighted by molar-refractivity contribution is 7.88. The molecule has 0 radical (unpaired) electrons. The van der Waals surface area contributed by atoms with Crippen molar-refractivity contribution in [3.63, 3.8) is 0 Å². The Bertz CT molecular complexity index is 817. The molecule has 0 bridgehead atoms. The van der Waals surface area contributed by atoms with Crippen LogP contribution in [-0.4, -0.2) is 50.4 Å².